The van der Waals surface area contributed by atoms with Crippen molar-refractivity contribution >= 4 is 23.5 Å². The summed E-state index contributed by atoms with van der Waals surface area (Å²) in [4.78, 5) is 23.4. The minimum Gasteiger partial charge on any atom is -0.507 e. The largest absolute Gasteiger partial charge is 0.507 e. The zero-order valence-corrected chi connectivity index (χ0v) is 17.4. The molecule has 0 aliphatic rings. The summed E-state index contributed by atoms with van der Waals surface area (Å²) in [5.74, 6) is -0.0418. The third kappa shape index (κ3) is 6.24. The lowest BCUT2D eigenvalue weighted by Crippen LogP contribution is -2.10. The van der Waals surface area contributed by atoms with Crippen molar-refractivity contribution in [2.24, 2.45) is 0 Å². The first-order chi connectivity index (χ1) is 13.8. The van der Waals surface area contributed by atoms with E-state index in [2.05, 4.69) is 0 Å². The van der Waals surface area contributed by atoms with E-state index in [1.54, 1.807) is 48.2 Å². The molecular formula is C22H26O6S. The summed E-state index contributed by atoms with van der Waals surface area (Å²) in [6, 6.07) is 10.1. The zero-order valence-electron chi connectivity index (χ0n) is 16.6. The number of aromatic hydroxyl groups is 1. The summed E-state index contributed by atoms with van der Waals surface area (Å²) in [6.07, 6.45) is 0.718. The number of aliphatic carboxylic acids is 1. The summed E-state index contributed by atoms with van der Waals surface area (Å²) < 4.78 is 5.84. The minimum atomic E-state index is -1.51. The monoisotopic (exact) mass is 418 g/mol. The van der Waals surface area contributed by atoms with Gasteiger partial charge >= 0.3 is 5.97 Å². The number of thioether (sulfide) groups is 1. The molecule has 3 N–H and O–H groups in total. The number of carbonyl (C=O) groups excluding carboxylic acids is 1. The minimum absolute atomic E-state index is 0.00913. The standard InChI is InChI=1S/C22H26O6S/c1-3-5-18-19(11-10-17(14(2)23)21(18)25)28-12-4-13-29-16-8-6-15(7-9-16)20(24)22(26)27/h6-11,20,24-25H,3-5,12-13H2,1-2H3,(H,26,27). The van der Waals surface area contributed by atoms with E-state index < -0.39 is 12.1 Å². The number of aliphatic hydroxyl groups is 1. The van der Waals surface area contributed by atoms with Gasteiger partial charge in [0.05, 0.1) is 12.2 Å². The summed E-state index contributed by atoms with van der Waals surface area (Å²) in [6.45, 7) is 3.90. The molecule has 156 valence electrons. The molecule has 0 fully saturated rings. The molecule has 0 bridgehead atoms. The molecule has 0 saturated carbocycles. The van der Waals surface area contributed by atoms with E-state index in [0.29, 0.717) is 35.5 Å². The first-order valence-electron chi connectivity index (χ1n) is 9.47. The van der Waals surface area contributed by atoms with Crippen molar-refractivity contribution in [3.8, 4) is 11.5 Å². The van der Waals surface area contributed by atoms with Gasteiger partial charge in [-0.25, -0.2) is 4.79 Å². The number of carboxylic acids is 1. The first-order valence-corrected chi connectivity index (χ1v) is 10.5. The molecule has 1 atom stereocenters. The van der Waals surface area contributed by atoms with Gasteiger partial charge in [-0.15, -0.1) is 11.8 Å². The number of phenolic OH excluding ortho intramolecular Hbond substituents is 1. The number of hydrogen-bond donors (Lipinski definition) is 3. The van der Waals surface area contributed by atoms with Crippen molar-refractivity contribution < 1.29 is 29.6 Å². The normalized spacial score (nSPS) is 11.8. The van der Waals surface area contributed by atoms with Gasteiger partial charge in [-0.05, 0) is 49.6 Å². The Hall–Kier alpha value is -2.51. The molecule has 0 heterocycles. The molecule has 0 saturated heterocycles. The molecule has 29 heavy (non-hydrogen) atoms. The highest BCUT2D eigenvalue weighted by molar-refractivity contribution is 7.99. The van der Waals surface area contributed by atoms with E-state index in [-0.39, 0.29) is 11.5 Å². The molecule has 0 radical (unpaired) electrons. The average Bonchev–Trinajstić information content (AvgIpc) is 2.69. The molecule has 0 aliphatic carbocycles. The van der Waals surface area contributed by atoms with Crippen LogP contribution in [0.25, 0.3) is 0 Å². The number of carbonyl (C=O) groups is 2. The highest BCUT2D eigenvalue weighted by Crippen LogP contribution is 2.33. The van der Waals surface area contributed by atoms with Crippen molar-refractivity contribution in [2.75, 3.05) is 12.4 Å². The van der Waals surface area contributed by atoms with Crippen LogP contribution in [0.5, 0.6) is 11.5 Å². The molecule has 0 aliphatic heterocycles. The third-order valence-corrected chi connectivity index (χ3v) is 5.46. The highest BCUT2D eigenvalue weighted by Gasteiger charge is 2.16. The molecule has 7 heteroatoms. The Balaban J connectivity index is 1.87. The molecule has 0 spiro atoms. The quantitative estimate of drug-likeness (QED) is 0.285. The number of phenols is 1. The van der Waals surface area contributed by atoms with Crippen LogP contribution >= 0.6 is 11.8 Å². The molecular weight excluding hydrogens is 392 g/mol. The maximum atomic E-state index is 11.6. The van der Waals surface area contributed by atoms with Crippen molar-refractivity contribution in [2.45, 2.75) is 44.1 Å². The van der Waals surface area contributed by atoms with E-state index in [9.17, 15) is 19.8 Å². The Bertz CT molecular complexity index is 847. The van der Waals surface area contributed by atoms with E-state index in [4.69, 9.17) is 9.84 Å². The maximum absolute atomic E-state index is 11.6. The Morgan fingerprint density at radius 3 is 2.41 bits per heavy atom. The number of carboxylic acid groups (broad SMARTS) is 1. The molecule has 2 aromatic rings. The second-order valence-corrected chi connectivity index (χ2v) is 7.77. The smallest absolute Gasteiger partial charge is 0.337 e. The lowest BCUT2D eigenvalue weighted by molar-refractivity contribution is -0.146. The molecule has 0 aromatic heterocycles. The van der Waals surface area contributed by atoms with Crippen LogP contribution in [0.15, 0.2) is 41.3 Å². The average molecular weight is 419 g/mol. The number of rotatable bonds is 11. The van der Waals surface area contributed by atoms with Crippen LogP contribution in [0.2, 0.25) is 0 Å². The lowest BCUT2D eigenvalue weighted by atomic mass is 10.0. The summed E-state index contributed by atoms with van der Waals surface area (Å²) in [5, 5.41) is 28.7. The van der Waals surface area contributed by atoms with Crippen LogP contribution in [0.4, 0.5) is 0 Å². The highest BCUT2D eigenvalue weighted by atomic mass is 32.2. The van der Waals surface area contributed by atoms with Gasteiger partial charge in [0.1, 0.15) is 11.5 Å². The van der Waals surface area contributed by atoms with Crippen molar-refractivity contribution in [1.29, 1.82) is 0 Å². The fourth-order valence-corrected chi connectivity index (χ4v) is 3.68. The van der Waals surface area contributed by atoms with Crippen LogP contribution in [0.1, 0.15) is 54.3 Å². The van der Waals surface area contributed by atoms with Gasteiger partial charge in [0.2, 0.25) is 0 Å². The number of Topliss-reactive ketones (excluding diaryl/α,β-unsaturated/α-hetero) is 1. The zero-order chi connectivity index (χ0) is 21.4. The lowest BCUT2D eigenvalue weighted by Gasteiger charge is -2.14. The van der Waals surface area contributed by atoms with Crippen molar-refractivity contribution in [3.63, 3.8) is 0 Å². The summed E-state index contributed by atoms with van der Waals surface area (Å²) in [5.41, 5.74) is 1.33. The van der Waals surface area contributed by atoms with E-state index in [1.807, 2.05) is 6.92 Å². The Morgan fingerprint density at radius 1 is 1.14 bits per heavy atom. The fraction of sp³-hybridized carbons (Fsp3) is 0.364. The first kappa shape index (κ1) is 22.8. The predicted molar refractivity (Wildman–Crippen MR) is 112 cm³/mol. The van der Waals surface area contributed by atoms with Crippen LogP contribution in [0.3, 0.4) is 0 Å². The van der Waals surface area contributed by atoms with Crippen LogP contribution in [-0.2, 0) is 11.2 Å². The maximum Gasteiger partial charge on any atom is 0.337 e. The second kappa shape index (κ2) is 10.9. The van der Waals surface area contributed by atoms with Crippen molar-refractivity contribution in [1.82, 2.24) is 0 Å². The van der Waals surface area contributed by atoms with Crippen LogP contribution in [0, 0.1) is 0 Å². The van der Waals surface area contributed by atoms with Gasteiger partial charge in [-0.3, -0.25) is 4.79 Å². The van der Waals surface area contributed by atoms with Gasteiger partial charge < -0.3 is 20.1 Å². The predicted octanol–water partition coefficient (Wildman–Crippen LogP) is 4.23. The molecule has 0 amide bonds. The topological polar surface area (TPSA) is 104 Å². The number of aliphatic hydroxyl groups excluding tert-OH is 1. The molecule has 1 unspecified atom stereocenters. The Kier molecular flexibility index (Phi) is 8.54. The van der Waals surface area contributed by atoms with E-state index in [1.165, 1.54) is 6.92 Å². The van der Waals surface area contributed by atoms with E-state index >= 15 is 0 Å². The van der Waals surface area contributed by atoms with Gasteiger partial charge in [-0.1, -0.05) is 25.5 Å². The van der Waals surface area contributed by atoms with Gasteiger partial charge in [0.15, 0.2) is 11.9 Å². The van der Waals surface area contributed by atoms with Gasteiger partial charge in [-0.2, -0.15) is 0 Å². The van der Waals surface area contributed by atoms with Gasteiger partial charge in [0.25, 0.3) is 0 Å². The van der Waals surface area contributed by atoms with Crippen LogP contribution in [-0.4, -0.2) is 39.4 Å². The number of benzene rings is 2. The van der Waals surface area contributed by atoms with Crippen LogP contribution < -0.4 is 4.74 Å². The Labute approximate surface area is 174 Å². The molecule has 2 rings (SSSR count). The number of ether oxygens (including phenoxy) is 1. The molecule has 6 nitrogen and oxygen atoms in total. The summed E-state index contributed by atoms with van der Waals surface area (Å²) in [7, 11) is 0. The fourth-order valence-electron chi connectivity index (χ4n) is 2.85. The third-order valence-electron chi connectivity index (χ3n) is 4.36. The van der Waals surface area contributed by atoms with Gasteiger partial charge in [0, 0.05) is 16.2 Å². The Morgan fingerprint density at radius 2 is 1.83 bits per heavy atom. The van der Waals surface area contributed by atoms with Crippen molar-refractivity contribution in [3.05, 3.63) is 53.1 Å². The SMILES string of the molecule is CCCc1c(OCCCSc2ccc(C(O)C(=O)O)cc2)ccc(C(C)=O)c1O. The van der Waals surface area contributed by atoms with E-state index in [0.717, 1.165) is 23.5 Å². The number of ketones is 1. The molecule has 2 aromatic carbocycles. The second-order valence-electron chi connectivity index (χ2n) is 6.60. The number of hydrogen-bond acceptors (Lipinski definition) is 6. The summed E-state index contributed by atoms with van der Waals surface area (Å²) >= 11 is 1.61.